The van der Waals surface area contributed by atoms with E-state index in [1.165, 1.54) is 96.3 Å². The van der Waals surface area contributed by atoms with E-state index >= 15 is 0 Å². The molecule has 1 unspecified atom stereocenters. The van der Waals surface area contributed by atoms with Crippen LogP contribution >= 0.6 is 0 Å². The van der Waals surface area contributed by atoms with E-state index in [2.05, 4.69) is 29.4 Å². The molecule has 0 amide bonds. The Labute approximate surface area is 169 Å². The molecule has 1 atom stereocenters. The number of nitrogens with one attached hydrogen (secondary N) is 1. The van der Waals surface area contributed by atoms with Gasteiger partial charge in [-0.15, -0.1) is 0 Å². The Morgan fingerprint density at radius 3 is 2.07 bits per heavy atom. The molecule has 1 aliphatic heterocycles. The SMILES string of the molecule is CCCCCCCCC=CCCCCCCCCC1CN=C(CCCO)N1. The van der Waals surface area contributed by atoms with Gasteiger partial charge < -0.3 is 10.4 Å². The van der Waals surface area contributed by atoms with Gasteiger partial charge in [0.25, 0.3) is 0 Å². The van der Waals surface area contributed by atoms with Gasteiger partial charge in [-0.2, -0.15) is 0 Å². The summed E-state index contributed by atoms with van der Waals surface area (Å²) in [7, 11) is 0. The lowest BCUT2D eigenvalue weighted by molar-refractivity contribution is 0.291. The van der Waals surface area contributed by atoms with Crippen molar-refractivity contribution in [3.05, 3.63) is 12.2 Å². The van der Waals surface area contributed by atoms with Gasteiger partial charge in [-0.1, -0.05) is 83.3 Å². The fourth-order valence-corrected chi connectivity index (χ4v) is 3.75. The van der Waals surface area contributed by atoms with Crippen LogP contribution in [0.4, 0.5) is 0 Å². The van der Waals surface area contributed by atoms with Crippen LogP contribution < -0.4 is 5.32 Å². The van der Waals surface area contributed by atoms with E-state index in [0.717, 1.165) is 25.2 Å². The van der Waals surface area contributed by atoms with Gasteiger partial charge in [-0.25, -0.2) is 0 Å². The Morgan fingerprint density at radius 2 is 1.44 bits per heavy atom. The number of hydrogen-bond donors (Lipinski definition) is 2. The maximum absolute atomic E-state index is 8.87. The van der Waals surface area contributed by atoms with E-state index < -0.39 is 0 Å². The quantitative estimate of drug-likeness (QED) is 0.197. The molecule has 1 aliphatic rings. The summed E-state index contributed by atoms with van der Waals surface area (Å²) >= 11 is 0. The standard InChI is InChI=1S/C24H46N2O/c1-2-3-4-5-6-7-8-9-10-11-12-13-14-15-16-17-19-23-22-25-24(26-23)20-18-21-27/h9-10,23,27H,2-8,11-22H2,1H3,(H,25,26). The number of aliphatic imine (C=N–C) groups is 1. The van der Waals surface area contributed by atoms with Gasteiger partial charge >= 0.3 is 0 Å². The molecule has 0 saturated carbocycles. The van der Waals surface area contributed by atoms with Crippen molar-refractivity contribution in [1.82, 2.24) is 5.32 Å². The number of nitrogens with zero attached hydrogens (tertiary/aromatic N) is 1. The zero-order chi connectivity index (χ0) is 19.4. The Kier molecular flexibility index (Phi) is 16.6. The fourth-order valence-electron chi connectivity index (χ4n) is 3.75. The van der Waals surface area contributed by atoms with Crippen molar-refractivity contribution >= 4 is 5.84 Å². The van der Waals surface area contributed by atoms with Crippen molar-refractivity contribution in [3.8, 4) is 0 Å². The molecule has 0 spiro atoms. The highest BCUT2D eigenvalue weighted by atomic mass is 16.2. The number of aliphatic hydroxyl groups is 1. The molecule has 3 heteroatoms. The van der Waals surface area contributed by atoms with E-state index in [1.54, 1.807) is 0 Å². The molecule has 3 nitrogen and oxygen atoms in total. The smallest absolute Gasteiger partial charge is 0.0967 e. The van der Waals surface area contributed by atoms with E-state index in [0.29, 0.717) is 6.04 Å². The molecular formula is C24H46N2O. The third-order valence-corrected chi connectivity index (χ3v) is 5.51. The molecule has 1 rings (SSSR count). The highest BCUT2D eigenvalue weighted by molar-refractivity contribution is 5.83. The van der Waals surface area contributed by atoms with Crippen LogP contribution in [0.15, 0.2) is 17.1 Å². The predicted octanol–water partition coefficient (Wildman–Crippen LogP) is 6.56. The Hall–Kier alpha value is -0.830. The molecular weight excluding hydrogens is 332 g/mol. The molecule has 0 aromatic heterocycles. The van der Waals surface area contributed by atoms with Crippen molar-refractivity contribution in [2.75, 3.05) is 13.2 Å². The number of aliphatic hydroxyl groups excluding tert-OH is 1. The Bertz CT molecular complexity index is 379. The summed E-state index contributed by atoms with van der Waals surface area (Å²) in [5.41, 5.74) is 0. The lowest BCUT2D eigenvalue weighted by Crippen LogP contribution is -2.30. The zero-order valence-corrected chi connectivity index (χ0v) is 18.1. The summed E-state index contributed by atoms with van der Waals surface area (Å²) in [5, 5.41) is 12.4. The molecule has 158 valence electrons. The van der Waals surface area contributed by atoms with Crippen LogP contribution in [0.25, 0.3) is 0 Å². The fraction of sp³-hybridized carbons (Fsp3) is 0.875. The van der Waals surface area contributed by atoms with Crippen LogP contribution in [-0.2, 0) is 0 Å². The number of rotatable bonds is 19. The Morgan fingerprint density at radius 1 is 0.852 bits per heavy atom. The van der Waals surface area contributed by atoms with Crippen molar-refractivity contribution < 1.29 is 5.11 Å². The molecule has 27 heavy (non-hydrogen) atoms. The van der Waals surface area contributed by atoms with Crippen molar-refractivity contribution in [1.29, 1.82) is 0 Å². The van der Waals surface area contributed by atoms with Gasteiger partial charge in [-0.3, -0.25) is 4.99 Å². The molecule has 0 bridgehead atoms. The van der Waals surface area contributed by atoms with Gasteiger partial charge in [0.05, 0.1) is 12.4 Å². The first kappa shape index (κ1) is 24.2. The minimum atomic E-state index is 0.264. The van der Waals surface area contributed by atoms with Crippen LogP contribution in [0.1, 0.15) is 116 Å². The van der Waals surface area contributed by atoms with Crippen LogP contribution in [0.3, 0.4) is 0 Å². The monoisotopic (exact) mass is 378 g/mol. The third kappa shape index (κ3) is 14.8. The highest BCUT2D eigenvalue weighted by Crippen LogP contribution is 2.13. The first-order valence-electron chi connectivity index (χ1n) is 11.9. The minimum Gasteiger partial charge on any atom is -0.396 e. The average Bonchev–Trinajstić information content (AvgIpc) is 3.13. The summed E-state index contributed by atoms with van der Waals surface area (Å²) in [4.78, 5) is 4.53. The highest BCUT2D eigenvalue weighted by Gasteiger charge is 2.15. The number of hydrogen-bond acceptors (Lipinski definition) is 3. The zero-order valence-electron chi connectivity index (χ0n) is 18.1. The largest absolute Gasteiger partial charge is 0.396 e. The van der Waals surface area contributed by atoms with Gasteiger partial charge in [0.1, 0.15) is 0 Å². The van der Waals surface area contributed by atoms with Gasteiger partial charge in [0.2, 0.25) is 0 Å². The summed E-state index contributed by atoms with van der Waals surface area (Å²) in [6.45, 7) is 3.48. The number of allylic oxidation sites excluding steroid dienone is 2. The molecule has 2 N–H and O–H groups in total. The lowest BCUT2D eigenvalue weighted by atomic mass is 10.0. The second kappa shape index (κ2) is 18.5. The Balaban J connectivity index is 1.76. The minimum absolute atomic E-state index is 0.264. The molecule has 1 heterocycles. The van der Waals surface area contributed by atoms with Crippen LogP contribution in [0.5, 0.6) is 0 Å². The van der Waals surface area contributed by atoms with E-state index in [9.17, 15) is 0 Å². The topological polar surface area (TPSA) is 44.6 Å². The summed E-state index contributed by atoms with van der Waals surface area (Å²) in [6.07, 6.45) is 26.9. The van der Waals surface area contributed by atoms with Gasteiger partial charge in [-0.05, 0) is 38.5 Å². The maximum atomic E-state index is 8.87. The summed E-state index contributed by atoms with van der Waals surface area (Å²) in [5.74, 6) is 1.11. The van der Waals surface area contributed by atoms with Crippen LogP contribution in [-0.4, -0.2) is 30.1 Å². The average molecular weight is 379 g/mol. The summed E-state index contributed by atoms with van der Waals surface area (Å²) in [6, 6.07) is 0.551. The molecule has 0 radical (unpaired) electrons. The van der Waals surface area contributed by atoms with E-state index in [-0.39, 0.29) is 6.61 Å². The van der Waals surface area contributed by atoms with Crippen LogP contribution in [0.2, 0.25) is 0 Å². The van der Waals surface area contributed by atoms with Crippen molar-refractivity contribution in [2.24, 2.45) is 4.99 Å². The number of unbranched alkanes of at least 4 members (excludes halogenated alkanes) is 12. The molecule has 0 aromatic rings. The molecule has 0 saturated heterocycles. The van der Waals surface area contributed by atoms with Gasteiger partial charge in [0.15, 0.2) is 0 Å². The van der Waals surface area contributed by atoms with Crippen LogP contribution in [0, 0.1) is 0 Å². The first-order chi connectivity index (χ1) is 13.4. The normalized spacial score (nSPS) is 16.8. The second-order valence-electron chi connectivity index (χ2n) is 8.18. The van der Waals surface area contributed by atoms with Gasteiger partial charge in [0, 0.05) is 19.1 Å². The molecule has 0 aliphatic carbocycles. The number of amidine groups is 1. The van der Waals surface area contributed by atoms with Crippen molar-refractivity contribution in [3.63, 3.8) is 0 Å². The van der Waals surface area contributed by atoms with E-state index in [4.69, 9.17) is 5.11 Å². The van der Waals surface area contributed by atoms with Crippen molar-refractivity contribution in [2.45, 2.75) is 122 Å². The summed E-state index contributed by atoms with van der Waals surface area (Å²) < 4.78 is 0. The second-order valence-corrected chi connectivity index (χ2v) is 8.18. The predicted molar refractivity (Wildman–Crippen MR) is 120 cm³/mol. The first-order valence-corrected chi connectivity index (χ1v) is 11.9. The molecule has 0 fully saturated rings. The molecule has 0 aromatic carbocycles. The van der Waals surface area contributed by atoms with E-state index in [1.807, 2.05) is 0 Å². The maximum Gasteiger partial charge on any atom is 0.0967 e. The third-order valence-electron chi connectivity index (χ3n) is 5.51. The lowest BCUT2D eigenvalue weighted by Gasteiger charge is -2.11.